The largest absolute Gasteiger partial charge is 0.434 e. The zero-order chi connectivity index (χ0) is 22.4. The summed E-state index contributed by atoms with van der Waals surface area (Å²) in [5, 5.41) is 11.1. The number of carbonyl (C=O) groups excluding carboxylic acids is 1. The van der Waals surface area contributed by atoms with Crippen molar-refractivity contribution >= 4 is 17.2 Å². The van der Waals surface area contributed by atoms with Gasteiger partial charge in [-0.2, -0.15) is 0 Å². The molecule has 0 aromatic heterocycles. The van der Waals surface area contributed by atoms with Crippen LogP contribution < -0.4 is 0 Å². The molecule has 0 amide bonds. The van der Waals surface area contributed by atoms with Gasteiger partial charge in [-0.05, 0) is 5.56 Å². The van der Waals surface area contributed by atoms with E-state index in [2.05, 4.69) is 0 Å². The molecule has 0 spiro atoms. The summed E-state index contributed by atoms with van der Waals surface area (Å²) in [6, 6.07) is 12.8. The lowest BCUT2D eigenvalue weighted by Crippen LogP contribution is -2.66. The molecule has 2 aromatic carbocycles. The van der Waals surface area contributed by atoms with Crippen LogP contribution >= 0.6 is 0 Å². The number of nitrogens with zero attached hydrogens (tertiary/aromatic N) is 1. The molecule has 2 aromatic rings. The molecule has 1 atom stereocenters. The molecule has 0 N–H and O–H groups in total. The van der Waals surface area contributed by atoms with Gasteiger partial charge in [0.2, 0.25) is 0 Å². The molecule has 1 unspecified atom stereocenters. The quantitative estimate of drug-likeness (QED) is 0.393. The first-order valence-corrected chi connectivity index (χ1v) is 9.42. The maximum absolute atomic E-state index is 13.5. The number of methoxy groups -OCH3 is 4. The van der Waals surface area contributed by atoms with Crippen LogP contribution in [0.25, 0.3) is 5.76 Å². The van der Waals surface area contributed by atoms with Crippen molar-refractivity contribution in [2.75, 3.05) is 28.4 Å². The third-order valence-electron chi connectivity index (χ3n) is 5.82. The molecule has 1 aliphatic heterocycles. The van der Waals surface area contributed by atoms with E-state index in [1.54, 1.807) is 36.4 Å². The number of nitro groups is 1. The highest BCUT2D eigenvalue weighted by atomic mass is 16.9. The van der Waals surface area contributed by atoms with Crippen molar-refractivity contribution in [1.82, 2.24) is 0 Å². The van der Waals surface area contributed by atoms with E-state index >= 15 is 0 Å². The van der Waals surface area contributed by atoms with E-state index in [4.69, 9.17) is 23.7 Å². The molecule has 9 heteroatoms. The molecule has 0 fully saturated rings. The number of ether oxygens (including phenoxy) is 5. The Kier molecular flexibility index (Phi) is 5.14. The summed E-state index contributed by atoms with van der Waals surface area (Å²) in [5.74, 6) is -4.47. The Hall–Kier alpha value is -3.11. The maximum Gasteiger partial charge on any atom is 0.385 e. The van der Waals surface area contributed by atoms with E-state index in [1.807, 2.05) is 0 Å². The SMILES string of the molecule is COC1(OC)OC2=C(C(=O)c3ccccc32)C(c2ccc([N+](=O)[O-])cc2)C1(OC)OC. The molecule has 9 nitrogen and oxygen atoms in total. The van der Waals surface area contributed by atoms with Gasteiger partial charge >= 0.3 is 5.97 Å². The van der Waals surface area contributed by atoms with Crippen LogP contribution in [0.3, 0.4) is 0 Å². The van der Waals surface area contributed by atoms with Gasteiger partial charge in [0, 0.05) is 51.7 Å². The monoisotopic (exact) mass is 427 g/mol. The second kappa shape index (κ2) is 7.54. The van der Waals surface area contributed by atoms with E-state index in [1.165, 1.54) is 40.6 Å². The Labute approximate surface area is 178 Å². The Bertz CT molecular complexity index is 1070. The first-order valence-electron chi connectivity index (χ1n) is 9.42. The number of hydrogen-bond donors (Lipinski definition) is 0. The number of hydrogen-bond acceptors (Lipinski definition) is 8. The van der Waals surface area contributed by atoms with Crippen LogP contribution in [0, 0.1) is 10.1 Å². The Balaban J connectivity index is 2.02. The van der Waals surface area contributed by atoms with Crippen LogP contribution in [0.1, 0.15) is 27.4 Å². The summed E-state index contributed by atoms with van der Waals surface area (Å²) in [6.07, 6.45) is 0. The first kappa shape index (κ1) is 21.1. The average Bonchev–Trinajstić information content (AvgIpc) is 3.08. The van der Waals surface area contributed by atoms with E-state index < -0.39 is 22.6 Å². The van der Waals surface area contributed by atoms with Crippen LogP contribution in [0.15, 0.2) is 54.1 Å². The molecule has 4 rings (SSSR count). The summed E-state index contributed by atoms with van der Waals surface area (Å²) in [7, 11) is 5.52. The number of nitro benzene ring substituents is 1. The molecule has 1 heterocycles. The predicted molar refractivity (Wildman–Crippen MR) is 108 cm³/mol. The molecule has 31 heavy (non-hydrogen) atoms. The van der Waals surface area contributed by atoms with Gasteiger partial charge < -0.3 is 23.7 Å². The van der Waals surface area contributed by atoms with E-state index in [-0.39, 0.29) is 17.2 Å². The van der Waals surface area contributed by atoms with E-state index in [0.29, 0.717) is 22.3 Å². The number of ketones is 1. The van der Waals surface area contributed by atoms with Crippen molar-refractivity contribution in [2.24, 2.45) is 0 Å². The molecule has 1 aliphatic carbocycles. The van der Waals surface area contributed by atoms with Crippen molar-refractivity contribution in [2.45, 2.75) is 17.7 Å². The zero-order valence-corrected chi connectivity index (χ0v) is 17.4. The lowest BCUT2D eigenvalue weighted by Gasteiger charge is -2.51. The van der Waals surface area contributed by atoms with Gasteiger partial charge in [-0.1, -0.05) is 36.4 Å². The Morgan fingerprint density at radius 2 is 1.48 bits per heavy atom. The smallest absolute Gasteiger partial charge is 0.385 e. The minimum absolute atomic E-state index is 0.0868. The topological polar surface area (TPSA) is 106 Å². The standard InChI is InChI=1S/C22H21NO8/c1-27-21(28-2)18(13-9-11-14(12-10-13)23(25)26)17-19(24)15-7-5-6-8-16(15)20(17)31-22(21,29-3)30-4/h5-12,18H,1-4H3. The predicted octanol–water partition coefficient (Wildman–Crippen LogP) is 3.25. The minimum atomic E-state index is -1.88. The summed E-state index contributed by atoms with van der Waals surface area (Å²) < 4.78 is 29.1. The Morgan fingerprint density at radius 3 is 2.00 bits per heavy atom. The van der Waals surface area contributed by atoms with Crippen molar-refractivity contribution in [3.05, 3.63) is 80.9 Å². The zero-order valence-electron chi connectivity index (χ0n) is 17.4. The highest BCUT2D eigenvalue weighted by Crippen LogP contribution is 2.57. The van der Waals surface area contributed by atoms with Crippen molar-refractivity contribution < 1.29 is 33.4 Å². The van der Waals surface area contributed by atoms with E-state index in [9.17, 15) is 14.9 Å². The summed E-state index contributed by atoms with van der Waals surface area (Å²) in [4.78, 5) is 24.1. The van der Waals surface area contributed by atoms with Gasteiger partial charge in [0.1, 0.15) is 5.76 Å². The molecule has 0 bridgehead atoms. The number of benzene rings is 2. The highest BCUT2D eigenvalue weighted by Gasteiger charge is 2.69. The fourth-order valence-electron chi connectivity index (χ4n) is 4.41. The van der Waals surface area contributed by atoms with Gasteiger partial charge in [0.15, 0.2) is 5.78 Å². The second-order valence-corrected chi connectivity index (χ2v) is 7.04. The van der Waals surface area contributed by atoms with Crippen LogP contribution in [-0.4, -0.2) is 50.9 Å². The van der Waals surface area contributed by atoms with Crippen molar-refractivity contribution in [3.63, 3.8) is 0 Å². The van der Waals surface area contributed by atoms with Gasteiger partial charge in [-0.3, -0.25) is 14.9 Å². The number of rotatable bonds is 6. The maximum atomic E-state index is 13.5. The molecule has 162 valence electrons. The van der Waals surface area contributed by atoms with Crippen LogP contribution in [-0.2, 0) is 23.7 Å². The molecule has 0 saturated heterocycles. The summed E-state index contributed by atoms with van der Waals surface area (Å²) in [5.41, 5.74) is 1.79. The van der Waals surface area contributed by atoms with Gasteiger partial charge in [0.05, 0.1) is 16.4 Å². The fourth-order valence-corrected chi connectivity index (χ4v) is 4.41. The second-order valence-electron chi connectivity index (χ2n) is 7.04. The lowest BCUT2D eigenvalue weighted by atomic mass is 9.79. The minimum Gasteiger partial charge on any atom is -0.434 e. The fraction of sp³-hybridized carbons (Fsp3) is 0.318. The van der Waals surface area contributed by atoms with Gasteiger partial charge in [-0.15, -0.1) is 0 Å². The third-order valence-corrected chi connectivity index (χ3v) is 5.82. The number of Topliss-reactive ketones (excluding diaryl/α,β-unsaturated/α-hetero) is 1. The number of non-ortho nitro benzene ring substituents is 1. The average molecular weight is 427 g/mol. The highest BCUT2D eigenvalue weighted by molar-refractivity contribution is 6.21. The van der Waals surface area contributed by atoms with Crippen molar-refractivity contribution in [3.8, 4) is 0 Å². The molecule has 2 aliphatic rings. The summed E-state index contributed by atoms with van der Waals surface area (Å²) in [6.45, 7) is 0. The van der Waals surface area contributed by atoms with E-state index in [0.717, 1.165) is 0 Å². The number of fused-ring (bicyclic) bond motifs is 2. The first-order chi connectivity index (χ1) is 14.9. The summed E-state index contributed by atoms with van der Waals surface area (Å²) >= 11 is 0. The molecular formula is C22H21NO8. The Morgan fingerprint density at radius 1 is 0.903 bits per heavy atom. The van der Waals surface area contributed by atoms with Crippen LogP contribution in [0.5, 0.6) is 0 Å². The van der Waals surface area contributed by atoms with Crippen LogP contribution in [0.4, 0.5) is 5.69 Å². The third kappa shape index (κ3) is 2.75. The normalized spacial score (nSPS) is 20.8. The number of carbonyl (C=O) groups is 1. The lowest BCUT2D eigenvalue weighted by molar-refractivity contribution is -0.473. The van der Waals surface area contributed by atoms with Gasteiger partial charge in [0.25, 0.3) is 11.5 Å². The molecular weight excluding hydrogens is 406 g/mol. The molecule has 0 saturated carbocycles. The van der Waals surface area contributed by atoms with Crippen LogP contribution in [0.2, 0.25) is 0 Å². The van der Waals surface area contributed by atoms with Crippen molar-refractivity contribution in [1.29, 1.82) is 0 Å². The van der Waals surface area contributed by atoms with Gasteiger partial charge in [-0.25, -0.2) is 0 Å². The molecule has 0 radical (unpaired) electrons.